The Morgan fingerprint density at radius 1 is 1.08 bits per heavy atom. The van der Waals surface area contributed by atoms with Gasteiger partial charge < -0.3 is 0 Å². The minimum atomic E-state index is 0.441. The molecule has 0 aliphatic carbocycles. The van der Waals surface area contributed by atoms with Gasteiger partial charge in [-0.2, -0.15) is 0 Å². The van der Waals surface area contributed by atoms with E-state index in [1.807, 2.05) is 0 Å². The molecule has 0 aromatic heterocycles. The van der Waals surface area contributed by atoms with E-state index in [1.54, 1.807) is 0 Å². The maximum absolute atomic E-state index is 2.70. The molecule has 0 amide bonds. The zero-order valence-corrected chi connectivity index (χ0v) is 10.7. The fraction of sp³-hybridized carbons (Fsp3) is 1.00. The molecule has 1 fully saturated rings. The molecule has 0 aromatic rings. The van der Waals surface area contributed by atoms with E-state index < -0.39 is 0 Å². The van der Waals surface area contributed by atoms with Crippen LogP contribution in [0.5, 0.6) is 0 Å². The summed E-state index contributed by atoms with van der Waals surface area (Å²) in [6.45, 7) is 9.55. The summed E-state index contributed by atoms with van der Waals surface area (Å²) < 4.78 is 2.70. The van der Waals surface area contributed by atoms with Crippen molar-refractivity contribution in [3.8, 4) is 0 Å². The molecule has 3 heteroatoms. The van der Waals surface area contributed by atoms with Gasteiger partial charge in [0.05, 0.1) is 0 Å². The summed E-state index contributed by atoms with van der Waals surface area (Å²) in [7, 11) is 0. The molecule has 0 atom stereocenters. The van der Waals surface area contributed by atoms with E-state index in [2.05, 4.69) is 47.4 Å². The van der Waals surface area contributed by atoms with Crippen molar-refractivity contribution in [3.63, 3.8) is 0 Å². The standard InChI is InChI=1S/C9H18NSe.Li/c1-8(2)6-5-7-9(3,4)10(8)11;/h5-7H2,1-4H3;/q-1;+1. The van der Waals surface area contributed by atoms with Gasteiger partial charge in [0.25, 0.3) is 0 Å². The molecule has 0 radical (unpaired) electrons. The second-order valence-electron chi connectivity index (χ2n) is 4.96. The summed E-state index contributed by atoms with van der Waals surface area (Å²) in [5.41, 5.74) is 0.882. The van der Waals surface area contributed by atoms with Crippen molar-refractivity contribution < 1.29 is 0 Å². The van der Waals surface area contributed by atoms with Crippen LogP contribution in [0.15, 0.2) is 0 Å². The SMILES string of the molecule is [Li][Se]N1C(C)(C)CCCC1(C)C. The van der Waals surface area contributed by atoms with Gasteiger partial charge in [0, 0.05) is 0 Å². The molecule has 12 heavy (non-hydrogen) atoms. The molecule has 0 aromatic carbocycles. The van der Waals surface area contributed by atoms with Crippen molar-refractivity contribution in [2.75, 3.05) is 0 Å². The van der Waals surface area contributed by atoms with E-state index in [0.29, 0.717) is 24.1 Å². The predicted molar refractivity (Wildman–Crippen MR) is 55.4 cm³/mol. The average molecular weight is 226 g/mol. The summed E-state index contributed by atoms with van der Waals surface area (Å²) in [5, 5.41) is 0. The van der Waals surface area contributed by atoms with Crippen molar-refractivity contribution >= 4 is 28.8 Å². The first-order chi connectivity index (χ1) is 5.40. The van der Waals surface area contributed by atoms with Crippen molar-refractivity contribution in [3.05, 3.63) is 0 Å². The van der Waals surface area contributed by atoms with Gasteiger partial charge in [0.2, 0.25) is 0 Å². The van der Waals surface area contributed by atoms with Gasteiger partial charge in [0.1, 0.15) is 0 Å². The van der Waals surface area contributed by atoms with Crippen LogP contribution in [0.25, 0.3) is 0 Å². The third kappa shape index (κ3) is 2.11. The fourth-order valence-electron chi connectivity index (χ4n) is 2.47. The number of rotatable bonds is 1. The van der Waals surface area contributed by atoms with Gasteiger partial charge >= 0.3 is 90.7 Å². The Kier molecular flexibility index (Phi) is 3.42. The van der Waals surface area contributed by atoms with Gasteiger partial charge in [-0.05, 0) is 0 Å². The molecule has 0 bridgehead atoms. The van der Waals surface area contributed by atoms with Crippen LogP contribution in [-0.4, -0.2) is 43.8 Å². The maximum atomic E-state index is 2.70. The zero-order chi connectivity index (χ0) is 9.41. The van der Waals surface area contributed by atoms with Crippen LogP contribution in [0.4, 0.5) is 0 Å². The number of hydrogen-bond donors (Lipinski definition) is 0. The summed E-state index contributed by atoms with van der Waals surface area (Å²) >= 11 is 2.98. The molecule has 1 rings (SSSR count). The second kappa shape index (κ2) is 3.68. The molecule has 0 N–H and O–H groups in total. The van der Waals surface area contributed by atoms with Crippen molar-refractivity contribution in [2.24, 2.45) is 0 Å². The normalized spacial score (nSPS) is 28.8. The summed E-state index contributed by atoms with van der Waals surface area (Å²) in [6.07, 6.45) is 4.13. The number of nitrogens with zero attached hydrogens (tertiary/aromatic N) is 1. The molecule has 66 valence electrons. The Balaban J connectivity index is 2.81. The van der Waals surface area contributed by atoms with E-state index in [9.17, 15) is 0 Å². The van der Waals surface area contributed by atoms with E-state index >= 15 is 0 Å². The fourth-order valence-corrected chi connectivity index (χ4v) is 4.93. The Labute approximate surface area is 90.5 Å². The molecule has 1 nitrogen and oxygen atoms in total. The monoisotopic (exact) mass is 227 g/mol. The van der Waals surface area contributed by atoms with Crippen LogP contribution in [0.1, 0.15) is 47.0 Å². The van der Waals surface area contributed by atoms with Gasteiger partial charge in [-0.1, -0.05) is 0 Å². The van der Waals surface area contributed by atoms with Crippen molar-refractivity contribution in [1.29, 1.82) is 0 Å². The second-order valence-corrected chi connectivity index (χ2v) is 6.49. The summed E-state index contributed by atoms with van der Waals surface area (Å²) in [6, 6.07) is 0. The first-order valence-electron chi connectivity index (χ1n) is 4.75. The topological polar surface area (TPSA) is 3.24 Å². The van der Waals surface area contributed by atoms with Gasteiger partial charge in [-0.3, -0.25) is 0 Å². The first-order valence-corrected chi connectivity index (χ1v) is 7.22. The van der Waals surface area contributed by atoms with E-state index in [4.69, 9.17) is 0 Å². The Bertz CT molecular complexity index is 152. The molecule has 0 spiro atoms. The third-order valence-electron chi connectivity index (χ3n) is 2.86. The van der Waals surface area contributed by atoms with Crippen LogP contribution in [0.2, 0.25) is 0 Å². The summed E-state index contributed by atoms with van der Waals surface area (Å²) in [4.78, 5) is 0. The first kappa shape index (κ1) is 11.2. The molecular weight excluding hydrogens is 208 g/mol. The van der Waals surface area contributed by atoms with Crippen LogP contribution in [0.3, 0.4) is 0 Å². The van der Waals surface area contributed by atoms with E-state index in [0.717, 1.165) is 0 Å². The summed E-state index contributed by atoms with van der Waals surface area (Å²) in [5.74, 6) is 0. The van der Waals surface area contributed by atoms with Crippen LogP contribution < -0.4 is 0 Å². The van der Waals surface area contributed by atoms with E-state index in [-0.39, 0.29) is 0 Å². The van der Waals surface area contributed by atoms with E-state index in [1.165, 1.54) is 19.3 Å². The number of hydrogen-bond acceptors (Lipinski definition) is 1. The van der Waals surface area contributed by atoms with Crippen LogP contribution in [0, 0.1) is 0 Å². The average Bonchev–Trinajstić information content (AvgIpc) is 1.83. The van der Waals surface area contributed by atoms with Crippen LogP contribution >= 0.6 is 0 Å². The van der Waals surface area contributed by atoms with Crippen LogP contribution in [-0.2, 0) is 0 Å². The number of piperidine rings is 1. The molecule has 1 saturated heterocycles. The Morgan fingerprint density at radius 2 is 1.50 bits per heavy atom. The van der Waals surface area contributed by atoms with Crippen molar-refractivity contribution in [1.82, 2.24) is 3.92 Å². The molecule has 1 aliphatic heterocycles. The molecule has 0 unspecified atom stereocenters. The Morgan fingerprint density at radius 3 is 1.75 bits per heavy atom. The minimum absolute atomic E-state index is 0.441. The van der Waals surface area contributed by atoms with Gasteiger partial charge in [-0.15, -0.1) is 0 Å². The Hall–Kier alpha value is 1.08. The molecule has 1 aliphatic rings. The van der Waals surface area contributed by atoms with Gasteiger partial charge in [-0.25, -0.2) is 0 Å². The quantitative estimate of drug-likeness (QED) is 0.615. The third-order valence-corrected chi connectivity index (χ3v) is 5.70. The van der Waals surface area contributed by atoms with Crippen molar-refractivity contribution in [2.45, 2.75) is 58.0 Å². The molecule has 0 saturated carbocycles. The molecule has 1 heterocycles. The van der Waals surface area contributed by atoms with Gasteiger partial charge in [0.15, 0.2) is 0 Å². The molecular formula is C9H18LiNSe. The predicted octanol–water partition coefficient (Wildman–Crippen LogP) is 1.73. The zero-order valence-electron chi connectivity index (χ0n) is 8.98.